The van der Waals surface area contributed by atoms with Crippen LogP contribution in [0.3, 0.4) is 0 Å². The molecule has 1 amide bonds. The zero-order valence-corrected chi connectivity index (χ0v) is 15.1. The number of carbonyl (C=O) groups excluding carboxylic acids is 3. The molecule has 0 aliphatic rings. The highest BCUT2D eigenvalue weighted by Crippen LogP contribution is 2.18. The van der Waals surface area contributed by atoms with E-state index in [1.807, 2.05) is 0 Å². The average Bonchev–Trinajstić information content (AvgIpc) is 2.58. The molecule has 0 fully saturated rings. The number of halogens is 1. The molecule has 2 N–H and O–H groups in total. The highest BCUT2D eigenvalue weighted by atomic mass is 35.5. The summed E-state index contributed by atoms with van der Waals surface area (Å²) in [6.45, 7) is 3.17. The highest BCUT2D eigenvalue weighted by molar-refractivity contribution is 6.33. The van der Waals surface area contributed by atoms with Gasteiger partial charge in [-0.2, -0.15) is 0 Å². The lowest BCUT2D eigenvalue weighted by Crippen LogP contribution is -2.49. The van der Waals surface area contributed by atoms with Crippen molar-refractivity contribution in [1.82, 2.24) is 5.32 Å². The van der Waals surface area contributed by atoms with Crippen LogP contribution in [0.25, 0.3) is 0 Å². The van der Waals surface area contributed by atoms with E-state index in [0.29, 0.717) is 0 Å². The summed E-state index contributed by atoms with van der Waals surface area (Å²) >= 11 is 5.93. The number of rotatable bonds is 9. The zero-order valence-electron chi connectivity index (χ0n) is 14.4. The summed E-state index contributed by atoms with van der Waals surface area (Å²) in [5.41, 5.74) is 0.0409. The number of benzene rings is 1. The number of hydrogen-bond donors (Lipinski definition) is 2. The topological polar surface area (TPSA) is 119 Å². The van der Waals surface area contributed by atoms with Gasteiger partial charge < -0.3 is 19.9 Å². The van der Waals surface area contributed by atoms with Crippen molar-refractivity contribution in [1.29, 1.82) is 0 Å². The predicted molar refractivity (Wildman–Crippen MR) is 91.7 cm³/mol. The lowest BCUT2D eigenvalue weighted by Gasteiger charge is -2.23. The van der Waals surface area contributed by atoms with E-state index in [-0.39, 0.29) is 23.8 Å². The summed E-state index contributed by atoms with van der Waals surface area (Å²) < 4.78 is 9.60. The minimum absolute atomic E-state index is 0.0110. The van der Waals surface area contributed by atoms with Gasteiger partial charge in [0.15, 0.2) is 0 Å². The van der Waals surface area contributed by atoms with Gasteiger partial charge in [0.25, 0.3) is 5.91 Å². The van der Waals surface area contributed by atoms with E-state index >= 15 is 0 Å². The third-order valence-corrected chi connectivity index (χ3v) is 3.68. The average molecular weight is 386 g/mol. The molecule has 8 nitrogen and oxygen atoms in total. The van der Waals surface area contributed by atoms with Crippen molar-refractivity contribution < 1.29 is 33.8 Å². The maximum Gasteiger partial charge on any atom is 0.327 e. The van der Waals surface area contributed by atoms with Gasteiger partial charge in [0.2, 0.25) is 0 Å². The standard InChI is InChI=1S/C17H20ClNO7/c1-3-25-13(20)9-11(17(24)26-4-2)14(16(22)23)19-15(21)10-7-5-6-8-12(10)18/h5-8,11,14H,3-4,9H2,1-2H3,(H,19,21)(H,22,23)/t11-,14+/m0/s1. The maximum atomic E-state index is 12.3. The molecule has 0 bridgehead atoms. The Labute approximate surface area is 155 Å². The molecule has 142 valence electrons. The fourth-order valence-corrected chi connectivity index (χ4v) is 2.41. The largest absolute Gasteiger partial charge is 0.480 e. The smallest absolute Gasteiger partial charge is 0.327 e. The lowest BCUT2D eigenvalue weighted by atomic mass is 9.95. The SMILES string of the molecule is CCOC(=O)C[C@H](C(=O)OCC)[C@@H](NC(=O)c1ccccc1Cl)C(=O)O. The van der Waals surface area contributed by atoms with Crippen LogP contribution in [0.1, 0.15) is 30.6 Å². The van der Waals surface area contributed by atoms with Crippen molar-refractivity contribution in [2.24, 2.45) is 5.92 Å². The Balaban J connectivity index is 3.08. The Morgan fingerprint density at radius 3 is 2.27 bits per heavy atom. The molecule has 0 heterocycles. The first-order valence-corrected chi connectivity index (χ1v) is 8.30. The molecule has 0 saturated carbocycles. The zero-order chi connectivity index (χ0) is 19.7. The van der Waals surface area contributed by atoms with Crippen molar-refractivity contribution in [3.8, 4) is 0 Å². The fraction of sp³-hybridized carbons (Fsp3) is 0.412. The van der Waals surface area contributed by atoms with E-state index in [1.54, 1.807) is 19.1 Å². The van der Waals surface area contributed by atoms with E-state index in [2.05, 4.69) is 5.32 Å². The number of carbonyl (C=O) groups is 4. The van der Waals surface area contributed by atoms with E-state index in [0.717, 1.165) is 0 Å². The molecule has 0 saturated heterocycles. The second-order valence-corrected chi connectivity index (χ2v) is 5.54. The normalized spacial score (nSPS) is 12.6. The number of hydrogen-bond acceptors (Lipinski definition) is 6. The molecule has 0 aromatic heterocycles. The number of aliphatic carboxylic acids is 1. The Morgan fingerprint density at radius 1 is 1.12 bits per heavy atom. The molecule has 1 aromatic rings. The summed E-state index contributed by atoms with van der Waals surface area (Å²) in [6, 6.07) is 4.34. The first-order chi connectivity index (χ1) is 12.3. The second kappa shape index (κ2) is 10.4. The minimum atomic E-state index is -1.69. The third-order valence-electron chi connectivity index (χ3n) is 3.35. The Morgan fingerprint density at radius 2 is 1.73 bits per heavy atom. The summed E-state index contributed by atoms with van der Waals surface area (Å²) in [6.07, 6.45) is -0.549. The van der Waals surface area contributed by atoms with Crippen LogP contribution in [-0.4, -0.2) is 48.2 Å². The van der Waals surface area contributed by atoms with Gasteiger partial charge in [-0.1, -0.05) is 23.7 Å². The van der Waals surface area contributed by atoms with E-state index < -0.39 is 42.2 Å². The number of nitrogens with one attached hydrogen (secondary N) is 1. The van der Waals surface area contributed by atoms with Crippen LogP contribution in [0.15, 0.2) is 24.3 Å². The van der Waals surface area contributed by atoms with E-state index in [9.17, 15) is 24.3 Å². The van der Waals surface area contributed by atoms with Gasteiger partial charge in [-0.05, 0) is 26.0 Å². The van der Waals surface area contributed by atoms with Crippen molar-refractivity contribution >= 4 is 35.4 Å². The first-order valence-electron chi connectivity index (χ1n) is 7.92. The van der Waals surface area contributed by atoms with Gasteiger partial charge in [0.05, 0.1) is 36.1 Å². The monoisotopic (exact) mass is 385 g/mol. The second-order valence-electron chi connectivity index (χ2n) is 5.14. The first kappa shape index (κ1) is 21.4. The van der Waals surface area contributed by atoms with Crippen LogP contribution in [0, 0.1) is 5.92 Å². The maximum absolute atomic E-state index is 12.3. The van der Waals surface area contributed by atoms with E-state index in [4.69, 9.17) is 21.1 Å². The van der Waals surface area contributed by atoms with Crippen molar-refractivity contribution in [2.75, 3.05) is 13.2 Å². The number of ether oxygens (including phenoxy) is 2. The van der Waals surface area contributed by atoms with Gasteiger partial charge in [-0.15, -0.1) is 0 Å². The van der Waals surface area contributed by atoms with Crippen molar-refractivity contribution in [3.05, 3.63) is 34.9 Å². The van der Waals surface area contributed by atoms with Gasteiger partial charge in [0, 0.05) is 0 Å². The molecular weight excluding hydrogens is 366 g/mol. The van der Waals surface area contributed by atoms with Crippen LogP contribution in [0.4, 0.5) is 0 Å². The summed E-state index contributed by atoms with van der Waals surface area (Å²) in [5, 5.41) is 11.8. The molecule has 9 heteroatoms. The van der Waals surface area contributed by atoms with Crippen LogP contribution < -0.4 is 5.32 Å². The molecule has 0 spiro atoms. The van der Waals surface area contributed by atoms with Gasteiger partial charge in [0.1, 0.15) is 6.04 Å². The number of carboxylic acids is 1. The van der Waals surface area contributed by atoms with Gasteiger partial charge in [-0.25, -0.2) is 4.79 Å². The van der Waals surface area contributed by atoms with Crippen LogP contribution in [-0.2, 0) is 23.9 Å². The fourth-order valence-electron chi connectivity index (χ4n) is 2.18. The molecule has 0 unspecified atom stereocenters. The third kappa shape index (κ3) is 6.03. The Kier molecular flexibility index (Phi) is 8.57. The Hall–Kier alpha value is -2.61. The molecular formula is C17H20ClNO7. The summed E-state index contributed by atoms with van der Waals surface area (Å²) in [5.74, 6) is -5.43. The highest BCUT2D eigenvalue weighted by Gasteiger charge is 2.38. The molecule has 2 atom stereocenters. The minimum Gasteiger partial charge on any atom is -0.480 e. The van der Waals surface area contributed by atoms with Crippen LogP contribution in [0.5, 0.6) is 0 Å². The Bertz CT molecular complexity index is 677. The van der Waals surface area contributed by atoms with E-state index in [1.165, 1.54) is 19.1 Å². The van der Waals surface area contributed by atoms with Crippen LogP contribution >= 0.6 is 11.6 Å². The van der Waals surface area contributed by atoms with Gasteiger partial charge in [-0.3, -0.25) is 14.4 Å². The molecule has 0 radical (unpaired) electrons. The molecule has 1 rings (SSSR count). The predicted octanol–water partition coefficient (Wildman–Crippen LogP) is 1.66. The molecule has 0 aliphatic heterocycles. The number of esters is 2. The number of amides is 1. The lowest BCUT2D eigenvalue weighted by molar-refractivity contribution is -0.159. The van der Waals surface area contributed by atoms with Gasteiger partial charge >= 0.3 is 17.9 Å². The van der Waals surface area contributed by atoms with Crippen molar-refractivity contribution in [3.63, 3.8) is 0 Å². The number of carboxylic acid groups (broad SMARTS) is 1. The molecule has 26 heavy (non-hydrogen) atoms. The van der Waals surface area contributed by atoms with Crippen LogP contribution in [0.2, 0.25) is 5.02 Å². The summed E-state index contributed by atoms with van der Waals surface area (Å²) in [7, 11) is 0. The summed E-state index contributed by atoms with van der Waals surface area (Å²) in [4.78, 5) is 47.9. The molecule has 1 aromatic carbocycles. The molecule has 0 aliphatic carbocycles. The quantitative estimate of drug-likeness (QED) is 0.620. The van der Waals surface area contributed by atoms with Crippen molar-refractivity contribution in [2.45, 2.75) is 26.3 Å².